The van der Waals surface area contributed by atoms with Gasteiger partial charge >= 0.3 is 0 Å². The Kier molecular flexibility index (Phi) is 7.45. The van der Waals surface area contributed by atoms with Gasteiger partial charge in [0.25, 0.3) is 0 Å². The van der Waals surface area contributed by atoms with Crippen molar-refractivity contribution in [3.8, 4) is 23.0 Å². The highest BCUT2D eigenvalue weighted by Crippen LogP contribution is 2.38. The van der Waals surface area contributed by atoms with E-state index >= 15 is 0 Å². The molecule has 0 aliphatic heterocycles. The van der Waals surface area contributed by atoms with E-state index in [-0.39, 0.29) is 18.2 Å². The van der Waals surface area contributed by atoms with Crippen LogP contribution >= 0.6 is 0 Å². The molecule has 0 spiro atoms. The number of aromatic nitrogens is 1. The van der Waals surface area contributed by atoms with Gasteiger partial charge in [-0.1, -0.05) is 24.3 Å². The Morgan fingerprint density at radius 3 is 2.29 bits per heavy atom. The van der Waals surface area contributed by atoms with Gasteiger partial charge in [-0.25, -0.2) is 0 Å². The quantitative estimate of drug-likeness (QED) is 0.337. The largest absolute Gasteiger partial charge is 0.497 e. The van der Waals surface area contributed by atoms with Gasteiger partial charge in [0, 0.05) is 36.0 Å². The van der Waals surface area contributed by atoms with E-state index in [1.807, 2.05) is 66.9 Å². The molecule has 0 radical (unpaired) electrons. The van der Waals surface area contributed by atoms with Crippen molar-refractivity contribution in [2.45, 2.75) is 18.9 Å². The summed E-state index contributed by atoms with van der Waals surface area (Å²) in [5, 5.41) is 4.02. The van der Waals surface area contributed by atoms with E-state index in [9.17, 15) is 4.79 Å². The first-order valence-electron chi connectivity index (χ1n) is 11.3. The molecule has 7 heteroatoms. The van der Waals surface area contributed by atoms with Crippen LogP contribution < -0.4 is 24.3 Å². The summed E-state index contributed by atoms with van der Waals surface area (Å²) in [5.41, 5.74) is 3.90. The Bertz CT molecular complexity index is 1300. The smallest absolute Gasteiger partial charge is 0.221 e. The highest BCUT2D eigenvalue weighted by atomic mass is 16.5. The minimum atomic E-state index is -0.184. The topological polar surface area (TPSA) is 81.8 Å². The molecule has 7 nitrogen and oxygen atoms in total. The van der Waals surface area contributed by atoms with Crippen LogP contribution in [0.25, 0.3) is 10.9 Å². The number of hydrogen-bond acceptors (Lipinski definition) is 5. The summed E-state index contributed by atoms with van der Waals surface area (Å²) in [5.74, 6) is 2.56. The highest BCUT2D eigenvalue weighted by Gasteiger charge is 2.23. The molecule has 3 aromatic carbocycles. The van der Waals surface area contributed by atoms with Crippen LogP contribution in [0.1, 0.15) is 29.0 Å². The van der Waals surface area contributed by atoms with Crippen molar-refractivity contribution in [3.05, 3.63) is 83.6 Å². The van der Waals surface area contributed by atoms with Crippen molar-refractivity contribution >= 4 is 16.8 Å². The number of carbonyl (C=O) groups is 1. The van der Waals surface area contributed by atoms with E-state index < -0.39 is 0 Å². The van der Waals surface area contributed by atoms with Gasteiger partial charge in [0.15, 0.2) is 11.5 Å². The number of ether oxygens (including phenoxy) is 4. The summed E-state index contributed by atoms with van der Waals surface area (Å²) in [4.78, 5) is 16.5. The van der Waals surface area contributed by atoms with E-state index in [2.05, 4.69) is 10.3 Å². The molecule has 35 heavy (non-hydrogen) atoms. The molecule has 1 aromatic heterocycles. The van der Waals surface area contributed by atoms with Crippen LogP contribution in [0.2, 0.25) is 0 Å². The third-order valence-corrected chi connectivity index (χ3v) is 6.14. The van der Waals surface area contributed by atoms with Crippen LogP contribution in [0.5, 0.6) is 23.0 Å². The molecule has 0 unspecified atom stereocenters. The number of aromatic amines is 1. The Morgan fingerprint density at radius 2 is 1.60 bits per heavy atom. The van der Waals surface area contributed by atoms with E-state index in [0.717, 1.165) is 39.1 Å². The second-order valence-corrected chi connectivity index (χ2v) is 8.12. The zero-order valence-corrected chi connectivity index (χ0v) is 20.4. The molecule has 0 saturated carbocycles. The lowest BCUT2D eigenvalue weighted by atomic mass is 9.87. The normalized spacial score (nSPS) is 11.7. The summed E-state index contributed by atoms with van der Waals surface area (Å²) in [7, 11) is 6.48. The maximum Gasteiger partial charge on any atom is 0.221 e. The minimum absolute atomic E-state index is 0.0650. The summed E-state index contributed by atoms with van der Waals surface area (Å²) < 4.78 is 21.6. The molecule has 0 aliphatic carbocycles. The molecule has 182 valence electrons. The van der Waals surface area contributed by atoms with Gasteiger partial charge in [-0.3, -0.25) is 4.79 Å². The fourth-order valence-corrected chi connectivity index (χ4v) is 4.31. The zero-order chi connectivity index (χ0) is 24.8. The molecule has 1 heterocycles. The fraction of sp³-hybridized carbons (Fsp3) is 0.250. The lowest BCUT2D eigenvalue weighted by molar-refractivity contribution is -0.121. The van der Waals surface area contributed by atoms with Crippen LogP contribution in [0, 0.1) is 0 Å². The van der Waals surface area contributed by atoms with Crippen molar-refractivity contribution in [1.82, 2.24) is 10.3 Å². The maximum absolute atomic E-state index is 13.2. The number of fused-ring (bicyclic) bond motifs is 1. The highest BCUT2D eigenvalue weighted by molar-refractivity contribution is 5.91. The number of rotatable bonds is 10. The van der Waals surface area contributed by atoms with Crippen LogP contribution in [0.15, 0.2) is 66.9 Å². The minimum Gasteiger partial charge on any atom is -0.497 e. The van der Waals surface area contributed by atoms with Crippen LogP contribution in [0.3, 0.4) is 0 Å². The zero-order valence-electron chi connectivity index (χ0n) is 20.4. The van der Waals surface area contributed by atoms with Gasteiger partial charge in [-0.15, -0.1) is 0 Å². The molecule has 0 aliphatic rings. The fourth-order valence-electron chi connectivity index (χ4n) is 4.31. The monoisotopic (exact) mass is 474 g/mol. The van der Waals surface area contributed by atoms with Gasteiger partial charge in [0.05, 0.1) is 28.4 Å². The number of benzene rings is 3. The predicted molar refractivity (Wildman–Crippen MR) is 136 cm³/mol. The molecular weight excluding hydrogens is 444 g/mol. The molecule has 0 fully saturated rings. The van der Waals surface area contributed by atoms with Crippen LogP contribution in [-0.2, 0) is 11.3 Å². The Hall–Kier alpha value is -4.13. The van der Waals surface area contributed by atoms with E-state index in [4.69, 9.17) is 18.9 Å². The molecule has 1 amide bonds. The summed E-state index contributed by atoms with van der Waals surface area (Å²) >= 11 is 0. The second kappa shape index (κ2) is 10.9. The average Bonchev–Trinajstić information content (AvgIpc) is 3.34. The summed E-state index contributed by atoms with van der Waals surface area (Å²) in [6.07, 6.45) is 2.23. The van der Waals surface area contributed by atoms with E-state index in [0.29, 0.717) is 18.0 Å². The first-order valence-corrected chi connectivity index (χ1v) is 11.3. The standard InChI is InChI=1S/C28H30N2O5/c1-32-20-11-9-19(10-12-20)21(22-17-29-23-6-5-7-25(34-3)28(22)23)15-27(31)30-16-18-8-13-24(33-2)26(14-18)35-4/h5-14,17,21,29H,15-16H2,1-4H3,(H,30,31)/t21-/m0/s1. The Morgan fingerprint density at radius 1 is 0.857 bits per heavy atom. The van der Waals surface area contributed by atoms with Crippen molar-refractivity contribution in [2.75, 3.05) is 28.4 Å². The van der Waals surface area contributed by atoms with Crippen LogP contribution in [-0.4, -0.2) is 39.3 Å². The molecule has 1 atom stereocenters. The van der Waals surface area contributed by atoms with E-state index in [1.54, 1.807) is 28.4 Å². The molecule has 2 N–H and O–H groups in total. The Balaban J connectivity index is 1.61. The molecule has 0 saturated heterocycles. The van der Waals surface area contributed by atoms with E-state index in [1.165, 1.54) is 0 Å². The van der Waals surface area contributed by atoms with Gasteiger partial charge in [0.1, 0.15) is 11.5 Å². The first kappa shape index (κ1) is 24.0. The number of amides is 1. The van der Waals surface area contributed by atoms with Gasteiger partial charge in [-0.05, 0) is 53.1 Å². The predicted octanol–water partition coefficient (Wildman–Crippen LogP) is 5.04. The second-order valence-electron chi connectivity index (χ2n) is 8.12. The van der Waals surface area contributed by atoms with Crippen LogP contribution in [0.4, 0.5) is 0 Å². The third-order valence-electron chi connectivity index (χ3n) is 6.14. The van der Waals surface area contributed by atoms with Gasteiger partial charge in [-0.2, -0.15) is 0 Å². The number of hydrogen-bond donors (Lipinski definition) is 2. The lowest BCUT2D eigenvalue weighted by Gasteiger charge is -2.19. The van der Waals surface area contributed by atoms with Crippen molar-refractivity contribution in [2.24, 2.45) is 0 Å². The molecular formula is C28H30N2O5. The summed E-state index contributed by atoms with van der Waals surface area (Å²) in [6, 6.07) is 19.3. The number of H-pyrrole nitrogens is 1. The van der Waals surface area contributed by atoms with Crippen molar-refractivity contribution in [3.63, 3.8) is 0 Å². The van der Waals surface area contributed by atoms with Gasteiger partial charge < -0.3 is 29.2 Å². The third kappa shape index (κ3) is 5.19. The maximum atomic E-state index is 13.2. The summed E-state index contributed by atoms with van der Waals surface area (Å²) in [6.45, 7) is 0.381. The van der Waals surface area contributed by atoms with Crippen molar-refractivity contribution in [1.29, 1.82) is 0 Å². The molecule has 4 rings (SSSR count). The first-order chi connectivity index (χ1) is 17.1. The number of carbonyl (C=O) groups excluding carboxylic acids is 1. The Labute approximate surface area is 205 Å². The molecule has 0 bridgehead atoms. The number of methoxy groups -OCH3 is 4. The lowest BCUT2D eigenvalue weighted by Crippen LogP contribution is -2.25. The molecule has 4 aromatic rings. The van der Waals surface area contributed by atoms with Crippen molar-refractivity contribution < 1.29 is 23.7 Å². The van der Waals surface area contributed by atoms with Gasteiger partial charge in [0.2, 0.25) is 5.91 Å². The number of nitrogens with one attached hydrogen (secondary N) is 2. The average molecular weight is 475 g/mol. The SMILES string of the molecule is COc1ccc([C@H](CC(=O)NCc2ccc(OC)c(OC)c2)c2c[nH]c3cccc(OC)c23)cc1.